The predicted octanol–water partition coefficient (Wildman–Crippen LogP) is 4.83. The largest absolute Gasteiger partial charge is 0.406 e. The van der Waals surface area contributed by atoms with E-state index in [1.807, 2.05) is 6.07 Å². The molecule has 0 radical (unpaired) electrons. The first kappa shape index (κ1) is 22.7. The first-order valence-electron chi connectivity index (χ1n) is 10.1. The van der Waals surface area contributed by atoms with Gasteiger partial charge in [-0.2, -0.15) is 28.2 Å². The van der Waals surface area contributed by atoms with Gasteiger partial charge in [0.05, 0.1) is 11.6 Å². The van der Waals surface area contributed by atoms with Crippen molar-refractivity contribution in [1.29, 1.82) is 5.26 Å². The van der Waals surface area contributed by atoms with Crippen LogP contribution in [0.3, 0.4) is 0 Å². The van der Waals surface area contributed by atoms with Crippen LogP contribution in [0.15, 0.2) is 42.9 Å². The van der Waals surface area contributed by atoms with Crippen LogP contribution in [0.1, 0.15) is 59.0 Å². The molecule has 4 rings (SSSR count). The molecule has 1 fully saturated rings. The average Bonchev–Trinajstić information content (AvgIpc) is 3.52. The third-order valence-corrected chi connectivity index (χ3v) is 5.55. The van der Waals surface area contributed by atoms with Crippen LogP contribution >= 0.6 is 11.6 Å². The van der Waals surface area contributed by atoms with Crippen molar-refractivity contribution in [3.8, 4) is 11.9 Å². The lowest BCUT2D eigenvalue weighted by atomic mass is 10.1. The number of alkyl halides is 3. The molecule has 0 saturated heterocycles. The lowest BCUT2D eigenvalue weighted by Gasteiger charge is -2.30. The molecule has 1 aliphatic rings. The Bertz CT molecular complexity index is 1210. The van der Waals surface area contributed by atoms with Crippen LogP contribution in [0.25, 0.3) is 5.82 Å². The van der Waals surface area contributed by atoms with E-state index in [0.29, 0.717) is 15.5 Å². The highest BCUT2D eigenvalue weighted by molar-refractivity contribution is 6.31. The fourth-order valence-electron chi connectivity index (χ4n) is 3.56. The maximum absolute atomic E-state index is 13.5. The lowest BCUT2D eigenvalue weighted by molar-refractivity contribution is -0.144. The van der Waals surface area contributed by atoms with Gasteiger partial charge in [0, 0.05) is 16.8 Å². The number of amides is 1. The fraction of sp³-hybridized carbons (Fsp3) is 0.318. The van der Waals surface area contributed by atoms with Crippen molar-refractivity contribution in [3.05, 3.63) is 70.4 Å². The highest BCUT2D eigenvalue weighted by Crippen LogP contribution is 2.41. The maximum atomic E-state index is 13.5. The molecule has 11 heteroatoms. The summed E-state index contributed by atoms with van der Waals surface area (Å²) in [5, 5.41) is 13.3. The number of hydrogen-bond acceptors (Lipinski definition) is 5. The molecular formula is C22H18ClF3N6O. The Kier molecular flexibility index (Phi) is 6.08. The second kappa shape index (κ2) is 8.83. The van der Waals surface area contributed by atoms with E-state index in [9.17, 15) is 18.0 Å². The van der Waals surface area contributed by atoms with E-state index in [1.165, 1.54) is 42.3 Å². The minimum atomic E-state index is -4.64. The van der Waals surface area contributed by atoms with Gasteiger partial charge in [-0.15, -0.1) is 0 Å². The zero-order valence-electron chi connectivity index (χ0n) is 17.4. The van der Waals surface area contributed by atoms with Crippen LogP contribution < -0.4 is 0 Å². The molecule has 0 bridgehead atoms. The van der Waals surface area contributed by atoms with Gasteiger partial charge in [-0.1, -0.05) is 11.6 Å². The SMILES string of the molecule is CC(c1ncnn1-c1ccc(C#N)cn1)N(CC(F)(F)F)C(=O)c1cc(Cl)cc(C2CC2)c1. The van der Waals surface area contributed by atoms with E-state index >= 15 is 0 Å². The molecular weight excluding hydrogens is 457 g/mol. The number of pyridine rings is 1. The molecule has 2 heterocycles. The van der Waals surface area contributed by atoms with Crippen LogP contribution in [0.2, 0.25) is 5.02 Å². The fourth-order valence-corrected chi connectivity index (χ4v) is 3.80. The summed E-state index contributed by atoms with van der Waals surface area (Å²) in [5.74, 6) is -0.193. The molecule has 3 aromatic rings. The van der Waals surface area contributed by atoms with Crippen molar-refractivity contribution >= 4 is 17.5 Å². The smallest absolute Gasteiger partial charge is 0.320 e. The molecule has 7 nitrogen and oxygen atoms in total. The lowest BCUT2D eigenvalue weighted by Crippen LogP contribution is -2.41. The van der Waals surface area contributed by atoms with E-state index < -0.39 is 24.7 Å². The molecule has 2 aromatic heterocycles. The van der Waals surface area contributed by atoms with E-state index in [-0.39, 0.29) is 23.1 Å². The Morgan fingerprint density at radius 1 is 1.30 bits per heavy atom. The van der Waals surface area contributed by atoms with Crippen molar-refractivity contribution in [1.82, 2.24) is 24.6 Å². The van der Waals surface area contributed by atoms with Gasteiger partial charge in [0.1, 0.15) is 18.9 Å². The summed E-state index contributed by atoms with van der Waals surface area (Å²) in [6.07, 6.45) is -0.240. The third kappa shape index (κ3) is 5.14. The van der Waals surface area contributed by atoms with Gasteiger partial charge in [0.25, 0.3) is 5.91 Å². The summed E-state index contributed by atoms with van der Waals surface area (Å²) in [7, 11) is 0. The van der Waals surface area contributed by atoms with E-state index in [0.717, 1.165) is 18.4 Å². The number of carbonyl (C=O) groups excluding carboxylic acids is 1. The van der Waals surface area contributed by atoms with E-state index in [2.05, 4.69) is 15.1 Å². The van der Waals surface area contributed by atoms with Crippen LogP contribution in [-0.2, 0) is 0 Å². The summed E-state index contributed by atoms with van der Waals surface area (Å²) in [6.45, 7) is -0.0356. The van der Waals surface area contributed by atoms with Gasteiger partial charge in [-0.3, -0.25) is 4.79 Å². The zero-order chi connectivity index (χ0) is 23.8. The molecule has 1 atom stereocenters. The van der Waals surface area contributed by atoms with Gasteiger partial charge in [-0.05, 0) is 61.6 Å². The molecule has 0 spiro atoms. The highest BCUT2D eigenvalue weighted by Gasteiger charge is 2.38. The number of nitrogens with zero attached hydrogens (tertiary/aromatic N) is 6. The topological polar surface area (TPSA) is 87.7 Å². The van der Waals surface area contributed by atoms with Gasteiger partial charge in [0.2, 0.25) is 0 Å². The van der Waals surface area contributed by atoms with Gasteiger partial charge in [-0.25, -0.2) is 9.97 Å². The highest BCUT2D eigenvalue weighted by atomic mass is 35.5. The summed E-state index contributed by atoms with van der Waals surface area (Å²) in [4.78, 5) is 22.2. The number of benzene rings is 1. The van der Waals surface area contributed by atoms with Gasteiger partial charge >= 0.3 is 6.18 Å². The minimum absolute atomic E-state index is 0.0862. The standard InChI is InChI=1S/C22H18ClF3N6O/c1-13(20-29-12-30-32(20)19-5-2-14(9-27)10-28-19)31(11-22(24,25)26)21(33)17-6-16(15-3-4-15)7-18(23)8-17/h2,5-8,10,12-13,15H,3-4,11H2,1H3. The zero-order valence-corrected chi connectivity index (χ0v) is 18.2. The monoisotopic (exact) mass is 474 g/mol. The quantitative estimate of drug-likeness (QED) is 0.510. The van der Waals surface area contributed by atoms with E-state index in [4.69, 9.17) is 16.9 Å². The van der Waals surface area contributed by atoms with Gasteiger partial charge < -0.3 is 4.90 Å². The van der Waals surface area contributed by atoms with Crippen molar-refractivity contribution in [2.45, 2.75) is 37.9 Å². The Labute approximate surface area is 192 Å². The van der Waals surface area contributed by atoms with Crippen LogP contribution in [0.5, 0.6) is 0 Å². The molecule has 0 N–H and O–H groups in total. The Morgan fingerprint density at radius 2 is 2.06 bits per heavy atom. The van der Waals surface area contributed by atoms with Crippen molar-refractivity contribution in [2.75, 3.05) is 6.54 Å². The maximum Gasteiger partial charge on any atom is 0.406 e. The summed E-state index contributed by atoms with van der Waals surface area (Å²) >= 11 is 6.16. The predicted molar refractivity (Wildman–Crippen MR) is 113 cm³/mol. The van der Waals surface area contributed by atoms with Crippen LogP contribution in [0, 0.1) is 11.3 Å². The number of carbonyl (C=O) groups is 1. The summed E-state index contributed by atoms with van der Waals surface area (Å²) < 4.78 is 41.7. The van der Waals surface area contributed by atoms with Crippen molar-refractivity contribution < 1.29 is 18.0 Å². The molecule has 0 aliphatic heterocycles. The molecule has 1 unspecified atom stereocenters. The number of hydrogen-bond donors (Lipinski definition) is 0. The molecule has 1 amide bonds. The van der Waals surface area contributed by atoms with Crippen molar-refractivity contribution in [3.63, 3.8) is 0 Å². The number of halogens is 4. The van der Waals surface area contributed by atoms with Crippen LogP contribution in [0.4, 0.5) is 13.2 Å². The van der Waals surface area contributed by atoms with E-state index in [1.54, 1.807) is 12.1 Å². The number of rotatable bonds is 6. The Hall–Kier alpha value is -3.45. The molecule has 170 valence electrons. The summed E-state index contributed by atoms with van der Waals surface area (Å²) in [5.41, 5.74) is 1.24. The van der Waals surface area contributed by atoms with Crippen LogP contribution in [-0.4, -0.2) is 43.3 Å². The molecule has 1 saturated carbocycles. The second-order valence-electron chi connectivity index (χ2n) is 7.82. The Balaban J connectivity index is 1.70. The third-order valence-electron chi connectivity index (χ3n) is 5.34. The van der Waals surface area contributed by atoms with Crippen molar-refractivity contribution in [2.24, 2.45) is 0 Å². The second-order valence-corrected chi connectivity index (χ2v) is 8.26. The number of aromatic nitrogens is 4. The Morgan fingerprint density at radius 3 is 2.67 bits per heavy atom. The number of nitriles is 1. The molecule has 33 heavy (non-hydrogen) atoms. The average molecular weight is 475 g/mol. The normalized spacial score (nSPS) is 14.5. The van der Waals surface area contributed by atoms with Gasteiger partial charge in [0.15, 0.2) is 11.6 Å². The molecule has 1 aromatic carbocycles. The summed E-state index contributed by atoms with van der Waals surface area (Å²) in [6, 6.07) is 8.56. The molecule has 1 aliphatic carbocycles. The first-order valence-corrected chi connectivity index (χ1v) is 10.5. The first-order chi connectivity index (χ1) is 15.7. The minimum Gasteiger partial charge on any atom is -0.320 e.